The molecule has 0 spiro atoms. The van der Waals surface area contributed by atoms with E-state index in [9.17, 15) is 0 Å². The van der Waals surface area contributed by atoms with Crippen LogP contribution in [0.25, 0.3) is 10.9 Å². The molecule has 1 aromatic heterocycles. The molecule has 0 unspecified atom stereocenters. The van der Waals surface area contributed by atoms with Crippen molar-refractivity contribution < 1.29 is 14.2 Å². The number of hydrogen-bond acceptors (Lipinski definition) is 8. The molecule has 14 heteroatoms. The first-order valence-electron chi connectivity index (χ1n) is 9.52. The SMILES string of the molecule is COc1cc2nc(NC3CCNCC3)nc(N3CCOCC3)c2cc1OC.Cl.Cl.Cl.Cl.Cl.Cl. The molecular formula is C19H33Cl6N5O3. The minimum atomic E-state index is 0. The molecule has 2 N–H and O–H groups in total. The lowest BCUT2D eigenvalue weighted by molar-refractivity contribution is 0.122. The summed E-state index contributed by atoms with van der Waals surface area (Å²) in [5, 5.41) is 7.88. The summed E-state index contributed by atoms with van der Waals surface area (Å²) in [6.07, 6.45) is 2.14. The van der Waals surface area contributed by atoms with Crippen LogP contribution in [0, 0.1) is 0 Å². The summed E-state index contributed by atoms with van der Waals surface area (Å²) in [7, 11) is 3.29. The zero-order chi connectivity index (χ0) is 18.6. The van der Waals surface area contributed by atoms with Gasteiger partial charge in [-0.15, -0.1) is 74.4 Å². The van der Waals surface area contributed by atoms with Crippen molar-refractivity contribution in [2.75, 3.05) is 63.8 Å². The number of morpholine rings is 1. The van der Waals surface area contributed by atoms with E-state index in [0.717, 1.165) is 55.7 Å². The molecule has 1 aromatic carbocycles. The van der Waals surface area contributed by atoms with Crippen molar-refractivity contribution >= 4 is 97.1 Å². The van der Waals surface area contributed by atoms with Crippen molar-refractivity contribution in [3.8, 4) is 11.5 Å². The van der Waals surface area contributed by atoms with E-state index < -0.39 is 0 Å². The van der Waals surface area contributed by atoms with E-state index >= 15 is 0 Å². The number of nitrogens with zero attached hydrogens (tertiary/aromatic N) is 3. The monoisotopic (exact) mass is 589 g/mol. The molecule has 33 heavy (non-hydrogen) atoms. The second-order valence-corrected chi connectivity index (χ2v) is 6.86. The smallest absolute Gasteiger partial charge is 0.225 e. The van der Waals surface area contributed by atoms with Gasteiger partial charge in [0.15, 0.2) is 11.5 Å². The van der Waals surface area contributed by atoms with Crippen LogP contribution in [0.3, 0.4) is 0 Å². The van der Waals surface area contributed by atoms with Crippen molar-refractivity contribution in [1.29, 1.82) is 0 Å². The number of anilines is 2. The van der Waals surface area contributed by atoms with Gasteiger partial charge in [0, 0.05) is 30.6 Å². The summed E-state index contributed by atoms with van der Waals surface area (Å²) in [5.41, 5.74) is 0.848. The maximum atomic E-state index is 5.51. The van der Waals surface area contributed by atoms with Crippen molar-refractivity contribution in [3.63, 3.8) is 0 Å². The molecule has 8 nitrogen and oxygen atoms in total. The van der Waals surface area contributed by atoms with Gasteiger partial charge in [-0.25, -0.2) is 4.98 Å². The molecule has 3 heterocycles. The molecule has 0 saturated carbocycles. The Morgan fingerprint density at radius 3 is 2.06 bits per heavy atom. The van der Waals surface area contributed by atoms with Gasteiger partial charge in [-0.05, 0) is 32.0 Å². The van der Waals surface area contributed by atoms with Gasteiger partial charge in [0.05, 0.1) is 33.0 Å². The molecule has 0 radical (unpaired) electrons. The lowest BCUT2D eigenvalue weighted by Gasteiger charge is -2.30. The molecule has 2 aromatic rings. The van der Waals surface area contributed by atoms with E-state index in [-0.39, 0.29) is 74.4 Å². The first kappa shape index (κ1) is 37.0. The van der Waals surface area contributed by atoms with Gasteiger partial charge in [-0.2, -0.15) is 4.98 Å². The molecule has 4 rings (SSSR count). The molecular weight excluding hydrogens is 559 g/mol. The summed E-state index contributed by atoms with van der Waals surface area (Å²) in [4.78, 5) is 11.9. The lowest BCUT2D eigenvalue weighted by Crippen LogP contribution is -2.38. The summed E-state index contributed by atoms with van der Waals surface area (Å²) in [6.45, 7) is 5.07. The second kappa shape index (κ2) is 17.8. The van der Waals surface area contributed by atoms with Crippen molar-refractivity contribution in [2.24, 2.45) is 0 Å². The zero-order valence-electron chi connectivity index (χ0n) is 18.4. The number of halogens is 6. The Hall–Kier alpha value is -0.580. The Morgan fingerprint density at radius 2 is 1.48 bits per heavy atom. The molecule has 0 atom stereocenters. The summed E-state index contributed by atoms with van der Waals surface area (Å²) >= 11 is 0. The van der Waals surface area contributed by atoms with Crippen LogP contribution in [-0.2, 0) is 4.74 Å². The lowest BCUT2D eigenvalue weighted by atomic mass is 10.1. The number of rotatable bonds is 5. The van der Waals surface area contributed by atoms with Gasteiger partial charge in [0.25, 0.3) is 0 Å². The molecule has 0 bridgehead atoms. The van der Waals surface area contributed by atoms with Crippen LogP contribution in [0.1, 0.15) is 12.8 Å². The molecule has 2 aliphatic heterocycles. The van der Waals surface area contributed by atoms with Crippen LogP contribution in [0.2, 0.25) is 0 Å². The maximum absolute atomic E-state index is 5.51. The number of fused-ring (bicyclic) bond motifs is 1. The number of piperidine rings is 1. The summed E-state index contributed by atoms with van der Waals surface area (Å²) < 4.78 is 16.5. The van der Waals surface area contributed by atoms with Gasteiger partial charge >= 0.3 is 0 Å². The van der Waals surface area contributed by atoms with E-state index in [1.165, 1.54) is 0 Å². The van der Waals surface area contributed by atoms with Gasteiger partial charge in [-0.1, -0.05) is 0 Å². The third kappa shape index (κ3) is 8.85. The normalized spacial score (nSPS) is 15.2. The maximum Gasteiger partial charge on any atom is 0.225 e. The minimum Gasteiger partial charge on any atom is -0.493 e. The fourth-order valence-corrected chi connectivity index (χ4v) is 3.67. The number of aromatic nitrogens is 2. The van der Waals surface area contributed by atoms with Crippen LogP contribution in [0.15, 0.2) is 12.1 Å². The molecule has 0 aliphatic carbocycles. The topological polar surface area (TPSA) is 80.8 Å². The Kier molecular flexibility index (Phi) is 19.9. The Balaban J connectivity index is -0.00000150. The van der Waals surface area contributed by atoms with Crippen LogP contribution >= 0.6 is 74.4 Å². The third-order valence-corrected chi connectivity index (χ3v) is 5.16. The average Bonchev–Trinajstić information content (AvgIpc) is 2.73. The van der Waals surface area contributed by atoms with Gasteiger partial charge in [0.2, 0.25) is 5.95 Å². The van der Waals surface area contributed by atoms with Crippen LogP contribution in [0.4, 0.5) is 11.8 Å². The van der Waals surface area contributed by atoms with Crippen LogP contribution in [-0.4, -0.2) is 69.6 Å². The fraction of sp³-hybridized carbons (Fsp3) is 0.579. The zero-order valence-corrected chi connectivity index (χ0v) is 23.3. The Bertz CT molecular complexity index is 811. The molecule has 2 saturated heterocycles. The van der Waals surface area contributed by atoms with E-state index in [0.29, 0.717) is 36.7 Å². The number of ether oxygens (including phenoxy) is 3. The first-order chi connectivity index (χ1) is 13.3. The van der Waals surface area contributed by atoms with Crippen LogP contribution in [0.5, 0.6) is 11.5 Å². The van der Waals surface area contributed by atoms with Gasteiger partial charge in [0.1, 0.15) is 5.82 Å². The Labute approximate surface area is 232 Å². The summed E-state index contributed by atoms with van der Waals surface area (Å²) in [6, 6.07) is 4.28. The third-order valence-electron chi connectivity index (χ3n) is 5.16. The van der Waals surface area contributed by atoms with Crippen molar-refractivity contribution in [2.45, 2.75) is 18.9 Å². The van der Waals surface area contributed by atoms with Crippen molar-refractivity contribution in [1.82, 2.24) is 15.3 Å². The predicted octanol–water partition coefficient (Wildman–Crippen LogP) is 4.18. The highest BCUT2D eigenvalue weighted by Gasteiger charge is 2.21. The highest BCUT2D eigenvalue weighted by Crippen LogP contribution is 2.36. The molecule has 194 valence electrons. The summed E-state index contributed by atoms with van der Waals surface area (Å²) in [5.74, 6) is 2.94. The number of methoxy groups -OCH3 is 2. The quantitative estimate of drug-likeness (QED) is 0.536. The number of benzene rings is 1. The molecule has 2 aliphatic rings. The highest BCUT2D eigenvalue weighted by molar-refractivity contribution is 5.93. The standard InChI is InChI=1S/C19H27N5O3.6ClH/c1-25-16-11-14-15(12-17(16)26-2)22-19(21-13-3-5-20-6-4-13)23-18(14)24-7-9-27-10-8-24;;;;;;/h11-13,20H,3-10H2,1-2H3,(H,21,22,23);6*1H. The highest BCUT2D eigenvalue weighted by atomic mass is 35.5. The number of nitrogens with one attached hydrogen (secondary N) is 2. The van der Waals surface area contributed by atoms with E-state index in [2.05, 4.69) is 15.5 Å². The fourth-order valence-electron chi connectivity index (χ4n) is 3.67. The molecule has 0 amide bonds. The first-order valence-corrected chi connectivity index (χ1v) is 9.52. The average molecular weight is 592 g/mol. The number of hydrogen-bond donors (Lipinski definition) is 2. The van der Waals surface area contributed by atoms with Gasteiger partial charge < -0.3 is 29.7 Å². The largest absolute Gasteiger partial charge is 0.493 e. The van der Waals surface area contributed by atoms with E-state index in [4.69, 9.17) is 24.2 Å². The minimum absolute atomic E-state index is 0. The molecule has 2 fully saturated rings. The predicted molar refractivity (Wildman–Crippen MR) is 149 cm³/mol. The van der Waals surface area contributed by atoms with Crippen molar-refractivity contribution in [3.05, 3.63) is 12.1 Å². The van der Waals surface area contributed by atoms with Gasteiger partial charge in [-0.3, -0.25) is 0 Å². The van der Waals surface area contributed by atoms with E-state index in [1.807, 2.05) is 12.1 Å². The van der Waals surface area contributed by atoms with Crippen LogP contribution < -0.4 is 25.0 Å². The van der Waals surface area contributed by atoms with E-state index in [1.54, 1.807) is 14.2 Å². The second-order valence-electron chi connectivity index (χ2n) is 6.86. The Morgan fingerprint density at radius 1 is 0.909 bits per heavy atom.